The highest BCUT2D eigenvalue weighted by Crippen LogP contribution is 2.23. The molecule has 7 heteroatoms. The molecule has 1 unspecified atom stereocenters. The van der Waals surface area contributed by atoms with Crippen LogP contribution in [0.1, 0.15) is 29.0 Å². The molecule has 0 bridgehead atoms. The van der Waals surface area contributed by atoms with E-state index in [-0.39, 0.29) is 29.7 Å². The van der Waals surface area contributed by atoms with Crippen molar-refractivity contribution in [3.8, 4) is 5.75 Å². The average molecular weight is 346 g/mol. The van der Waals surface area contributed by atoms with Gasteiger partial charge in [-0.1, -0.05) is 0 Å². The molecule has 0 aliphatic carbocycles. The fourth-order valence-corrected chi connectivity index (χ4v) is 2.95. The van der Waals surface area contributed by atoms with Crippen LogP contribution in [0.5, 0.6) is 5.75 Å². The van der Waals surface area contributed by atoms with Gasteiger partial charge in [-0.25, -0.2) is 4.39 Å². The van der Waals surface area contributed by atoms with Crippen molar-refractivity contribution in [2.75, 3.05) is 13.7 Å². The van der Waals surface area contributed by atoms with Gasteiger partial charge in [-0.3, -0.25) is 9.59 Å². The molecule has 1 aromatic carbocycles. The van der Waals surface area contributed by atoms with Gasteiger partial charge in [-0.2, -0.15) is 0 Å². The van der Waals surface area contributed by atoms with Crippen LogP contribution in [-0.4, -0.2) is 36.4 Å². The van der Waals surface area contributed by atoms with E-state index in [0.717, 1.165) is 12.5 Å². The molecule has 1 aliphatic rings. The number of carbonyl (C=O) groups is 2. The predicted octanol–water partition coefficient (Wildman–Crippen LogP) is 2.35. The van der Waals surface area contributed by atoms with Crippen LogP contribution in [0.2, 0.25) is 0 Å². The summed E-state index contributed by atoms with van der Waals surface area (Å²) in [6, 6.07) is 6.98. The molecule has 1 aliphatic heterocycles. The second kappa shape index (κ2) is 7.38. The summed E-state index contributed by atoms with van der Waals surface area (Å²) in [4.78, 5) is 26.6. The Bertz CT molecular complexity index is 760. The number of furan rings is 1. The van der Waals surface area contributed by atoms with Crippen molar-refractivity contribution >= 4 is 11.8 Å². The highest BCUT2D eigenvalue weighted by atomic mass is 19.1. The Kier molecular flexibility index (Phi) is 5.02. The molecule has 1 aromatic heterocycles. The number of likely N-dealkylation sites (tertiary alicyclic amines) is 1. The van der Waals surface area contributed by atoms with Crippen LogP contribution in [-0.2, 0) is 11.3 Å². The monoisotopic (exact) mass is 346 g/mol. The topological polar surface area (TPSA) is 71.8 Å². The lowest BCUT2D eigenvalue weighted by molar-refractivity contribution is -0.125. The number of rotatable bonds is 5. The molecule has 1 fully saturated rings. The molecule has 25 heavy (non-hydrogen) atoms. The molecule has 0 spiro atoms. The van der Waals surface area contributed by atoms with E-state index in [4.69, 9.17) is 9.15 Å². The third-order valence-electron chi connectivity index (χ3n) is 4.23. The lowest BCUT2D eigenvalue weighted by Gasteiger charge is -2.24. The summed E-state index contributed by atoms with van der Waals surface area (Å²) < 4.78 is 23.9. The van der Waals surface area contributed by atoms with Gasteiger partial charge in [-0.05, 0) is 43.2 Å². The molecular weight excluding hydrogens is 327 g/mol. The molecule has 2 heterocycles. The number of amides is 2. The van der Waals surface area contributed by atoms with E-state index >= 15 is 0 Å². The first kappa shape index (κ1) is 17.0. The number of nitrogens with zero attached hydrogens (tertiary/aromatic N) is 1. The van der Waals surface area contributed by atoms with Crippen LogP contribution < -0.4 is 10.1 Å². The number of hydrogen-bond acceptors (Lipinski definition) is 4. The maximum Gasteiger partial charge on any atom is 0.254 e. The van der Waals surface area contributed by atoms with Crippen molar-refractivity contribution in [1.29, 1.82) is 0 Å². The highest BCUT2D eigenvalue weighted by molar-refractivity contribution is 5.98. The minimum Gasteiger partial charge on any atom is -0.494 e. The molecule has 132 valence electrons. The Hall–Kier alpha value is -2.83. The number of carbonyl (C=O) groups excluding carboxylic acids is 2. The highest BCUT2D eigenvalue weighted by Gasteiger charge is 2.34. The third kappa shape index (κ3) is 3.65. The molecule has 0 radical (unpaired) electrons. The normalized spacial score (nSPS) is 16.7. The molecule has 1 saturated heterocycles. The number of ether oxygens (including phenoxy) is 1. The molecule has 0 saturated carbocycles. The minimum absolute atomic E-state index is 0.0747. The van der Waals surface area contributed by atoms with E-state index in [1.807, 2.05) is 0 Å². The van der Waals surface area contributed by atoms with E-state index in [0.29, 0.717) is 18.7 Å². The Morgan fingerprint density at radius 2 is 2.24 bits per heavy atom. The molecular formula is C18H19FN2O4. The number of methoxy groups -OCH3 is 1. The summed E-state index contributed by atoms with van der Waals surface area (Å²) in [5.41, 5.74) is 0.198. The van der Waals surface area contributed by atoms with Gasteiger partial charge in [0, 0.05) is 12.1 Å². The minimum atomic E-state index is -0.605. The zero-order valence-electron chi connectivity index (χ0n) is 13.8. The number of benzene rings is 1. The Morgan fingerprint density at radius 3 is 2.92 bits per heavy atom. The van der Waals surface area contributed by atoms with E-state index in [1.54, 1.807) is 12.1 Å². The van der Waals surface area contributed by atoms with Crippen molar-refractivity contribution in [3.05, 3.63) is 53.7 Å². The van der Waals surface area contributed by atoms with E-state index < -0.39 is 11.9 Å². The molecule has 2 aromatic rings. The quantitative estimate of drug-likeness (QED) is 0.902. The van der Waals surface area contributed by atoms with Crippen molar-refractivity contribution in [2.24, 2.45) is 0 Å². The van der Waals surface area contributed by atoms with E-state index in [9.17, 15) is 14.0 Å². The summed E-state index contributed by atoms with van der Waals surface area (Å²) in [5, 5.41) is 2.77. The molecule has 1 atom stereocenters. The smallest absolute Gasteiger partial charge is 0.254 e. The van der Waals surface area contributed by atoms with Gasteiger partial charge in [0.1, 0.15) is 11.8 Å². The summed E-state index contributed by atoms with van der Waals surface area (Å²) in [7, 11) is 1.36. The van der Waals surface area contributed by atoms with Crippen LogP contribution in [0.15, 0.2) is 41.0 Å². The van der Waals surface area contributed by atoms with Crippen molar-refractivity contribution in [2.45, 2.75) is 25.4 Å². The van der Waals surface area contributed by atoms with Crippen LogP contribution in [0, 0.1) is 5.82 Å². The van der Waals surface area contributed by atoms with Crippen LogP contribution in [0.25, 0.3) is 0 Å². The standard InChI is InChI=1S/C18H19FN2O4/c1-24-16-7-6-12(10-14(16)19)18(23)21-8-2-5-15(21)17(22)20-11-13-4-3-9-25-13/h3-4,6-7,9-10,15H,2,5,8,11H2,1H3,(H,20,22). The first-order valence-corrected chi connectivity index (χ1v) is 8.04. The summed E-state index contributed by atoms with van der Waals surface area (Å²) in [6.45, 7) is 0.729. The Labute approximate surface area is 144 Å². The number of hydrogen-bond donors (Lipinski definition) is 1. The second-order valence-electron chi connectivity index (χ2n) is 5.80. The van der Waals surface area contributed by atoms with Gasteiger partial charge < -0.3 is 19.4 Å². The summed E-state index contributed by atoms with van der Waals surface area (Å²) >= 11 is 0. The maximum atomic E-state index is 13.8. The lowest BCUT2D eigenvalue weighted by Crippen LogP contribution is -2.45. The van der Waals surface area contributed by atoms with Crippen LogP contribution >= 0.6 is 0 Å². The second-order valence-corrected chi connectivity index (χ2v) is 5.80. The van der Waals surface area contributed by atoms with Gasteiger partial charge in [0.2, 0.25) is 5.91 Å². The van der Waals surface area contributed by atoms with Gasteiger partial charge >= 0.3 is 0 Å². The van der Waals surface area contributed by atoms with Crippen molar-refractivity contribution < 1.29 is 23.1 Å². The lowest BCUT2D eigenvalue weighted by atomic mass is 10.1. The summed E-state index contributed by atoms with van der Waals surface area (Å²) in [5.74, 6) is -0.494. The zero-order valence-corrected chi connectivity index (χ0v) is 13.8. The fourth-order valence-electron chi connectivity index (χ4n) is 2.95. The van der Waals surface area contributed by atoms with Gasteiger partial charge in [0.05, 0.1) is 19.9 Å². The fraction of sp³-hybridized carbons (Fsp3) is 0.333. The molecule has 6 nitrogen and oxygen atoms in total. The zero-order chi connectivity index (χ0) is 17.8. The van der Waals surface area contributed by atoms with E-state index in [2.05, 4.69) is 5.32 Å². The van der Waals surface area contributed by atoms with Crippen molar-refractivity contribution in [3.63, 3.8) is 0 Å². The molecule has 1 N–H and O–H groups in total. The number of nitrogens with one attached hydrogen (secondary N) is 1. The van der Waals surface area contributed by atoms with Gasteiger partial charge in [0.25, 0.3) is 5.91 Å². The SMILES string of the molecule is COc1ccc(C(=O)N2CCCC2C(=O)NCc2ccco2)cc1F. The van der Waals surface area contributed by atoms with E-state index in [1.165, 1.54) is 30.4 Å². The van der Waals surface area contributed by atoms with Gasteiger partial charge in [0.15, 0.2) is 11.6 Å². The van der Waals surface area contributed by atoms with Crippen LogP contribution in [0.3, 0.4) is 0 Å². The molecule has 3 rings (SSSR count). The molecule has 2 amide bonds. The van der Waals surface area contributed by atoms with Gasteiger partial charge in [-0.15, -0.1) is 0 Å². The average Bonchev–Trinajstić information content (AvgIpc) is 3.30. The predicted molar refractivity (Wildman–Crippen MR) is 87.6 cm³/mol. The summed E-state index contributed by atoms with van der Waals surface area (Å²) in [6.07, 6.45) is 2.84. The largest absolute Gasteiger partial charge is 0.494 e. The van der Waals surface area contributed by atoms with Crippen molar-refractivity contribution in [1.82, 2.24) is 10.2 Å². The van der Waals surface area contributed by atoms with Crippen LogP contribution in [0.4, 0.5) is 4.39 Å². The maximum absolute atomic E-state index is 13.8. The first-order valence-electron chi connectivity index (χ1n) is 8.04. The Morgan fingerprint density at radius 1 is 1.40 bits per heavy atom. The number of halogens is 1. The first-order chi connectivity index (χ1) is 12.1. The third-order valence-corrected chi connectivity index (χ3v) is 4.23. The Balaban J connectivity index is 1.68.